The van der Waals surface area contributed by atoms with Gasteiger partial charge in [0.2, 0.25) is 11.8 Å². The number of nitrogens with one attached hydrogen (secondary N) is 2. The summed E-state index contributed by atoms with van der Waals surface area (Å²) in [4.78, 5) is 16.6. The fourth-order valence-electron chi connectivity index (χ4n) is 2.69. The largest absolute Gasteiger partial charge is 0.440 e. The molecule has 2 N–H and O–H groups in total. The maximum atomic E-state index is 12.3. The zero-order valence-corrected chi connectivity index (χ0v) is 15.7. The second kappa shape index (κ2) is 8.74. The van der Waals surface area contributed by atoms with Crippen molar-refractivity contribution in [2.75, 3.05) is 13.1 Å². The minimum atomic E-state index is -0.146. The van der Waals surface area contributed by atoms with Gasteiger partial charge in [-0.3, -0.25) is 4.79 Å². The first-order valence-corrected chi connectivity index (χ1v) is 9.88. The molecule has 134 valence electrons. The number of piperidine rings is 1. The molecular formula is C18H22ClN3O2S. The summed E-state index contributed by atoms with van der Waals surface area (Å²) < 4.78 is 5.77. The molecule has 0 radical (unpaired) electrons. The summed E-state index contributed by atoms with van der Waals surface area (Å²) in [6.45, 7) is 3.81. The van der Waals surface area contributed by atoms with E-state index in [0.717, 1.165) is 31.5 Å². The molecule has 7 heteroatoms. The molecule has 2 atom stereocenters. The smallest absolute Gasteiger partial charge is 0.233 e. The van der Waals surface area contributed by atoms with Crippen LogP contribution in [0.25, 0.3) is 11.3 Å². The van der Waals surface area contributed by atoms with Crippen molar-refractivity contribution >= 4 is 29.3 Å². The number of carbonyl (C=O) groups excluding carboxylic acids is 1. The number of thioether (sulfide) groups is 1. The molecule has 0 aliphatic carbocycles. The molecule has 1 aliphatic rings. The lowest BCUT2D eigenvalue weighted by molar-refractivity contribution is -0.121. The molecule has 5 nitrogen and oxygen atoms in total. The van der Waals surface area contributed by atoms with Crippen molar-refractivity contribution in [3.8, 4) is 11.3 Å². The first-order valence-electron chi connectivity index (χ1n) is 8.45. The molecule has 3 rings (SSSR count). The van der Waals surface area contributed by atoms with Gasteiger partial charge in [0, 0.05) is 23.2 Å². The summed E-state index contributed by atoms with van der Waals surface area (Å²) in [6.07, 6.45) is 3.86. The van der Waals surface area contributed by atoms with Crippen molar-refractivity contribution in [3.63, 3.8) is 0 Å². The fourth-order valence-corrected chi connectivity index (χ4v) is 3.56. The number of oxazole rings is 1. The Kier molecular flexibility index (Phi) is 6.39. The van der Waals surface area contributed by atoms with Crippen molar-refractivity contribution in [2.24, 2.45) is 0 Å². The number of rotatable bonds is 6. The molecule has 1 aromatic carbocycles. The predicted octanol–water partition coefficient (Wildman–Crippen LogP) is 3.48. The summed E-state index contributed by atoms with van der Waals surface area (Å²) in [7, 11) is 0. The monoisotopic (exact) mass is 379 g/mol. The Morgan fingerprint density at radius 2 is 2.28 bits per heavy atom. The standard InChI is InChI=1S/C18H22ClN3O2S/c1-12(18(23)22-15-3-2-8-20-9-15)25-11-17-21-10-16(24-17)13-4-6-14(19)7-5-13/h4-7,10,12,15,20H,2-3,8-9,11H2,1H3,(H,22,23). The van der Waals surface area contributed by atoms with E-state index in [1.807, 2.05) is 31.2 Å². The molecular weight excluding hydrogens is 358 g/mol. The molecule has 1 saturated heterocycles. The molecule has 0 spiro atoms. The van der Waals surface area contributed by atoms with E-state index in [-0.39, 0.29) is 17.2 Å². The zero-order chi connectivity index (χ0) is 17.6. The molecule has 1 amide bonds. The van der Waals surface area contributed by atoms with Crippen LogP contribution in [-0.2, 0) is 10.5 Å². The van der Waals surface area contributed by atoms with Crippen LogP contribution in [0, 0.1) is 0 Å². The van der Waals surface area contributed by atoms with E-state index >= 15 is 0 Å². The van der Waals surface area contributed by atoms with E-state index in [1.165, 1.54) is 11.8 Å². The summed E-state index contributed by atoms with van der Waals surface area (Å²) >= 11 is 7.42. The van der Waals surface area contributed by atoms with Crippen LogP contribution in [0.5, 0.6) is 0 Å². The van der Waals surface area contributed by atoms with Crippen LogP contribution in [0.15, 0.2) is 34.9 Å². The van der Waals surface area contributed by atoms with Gasteiger partial charge in [-0.2, -0.15) is 0 Å². The van der Waals surface area contributed by atoms with Crippen LogP contribution in [0.4, 0.5) is 0 Å². The van der Waals surface area contributed by atoms with E-state index in [0.29, 0.717) is 22.4 Å². The normalized spacial score (nSPS) is 18.7. The van der Waals surface area contributed by atoms with Crippen molar-refractivity contribution < 1.29 is 9.21 Å². The van der Waals surface area contributed by atoms with Crippen LogP contribution in [0.3, 0.4) is 0 Å². The van der Waals surface area contributed by atoms with Crippen molar-refractivity contribution in [1.29, 1.82) is 0 Å². The number of halogens is 1. The lowest BCUT2D eigenvalue weighted by Crippen LogP contribution is -2.47. The predicted molar refractivity (Wildman–Crippen MR) is 102 cm³/mol. The first-order chi connectivity index (χ1) is 12.1. The van der Waals surface area contributed by atoms with Crippen LogP contribution in [0.2, 0.25) is 5.02 Å². The van der Waals surface area contributed by atoms with Gasteiger partial charge >= 0.3 is 0 Å². The molecule has 2 unspecified atom stereocenters. The quantitative estimate of drug-likeness (QED) is 0.804. The van der Waals surface area contributed by atoms with Gasteiger partial charge < -0.3 is 15.1 Å². The minimum absolute atomic E-state index is 0.0724. The molecule has 2 heterocycles. The topological polar surface area (TPSA) is 67.2 Å². The van der Waals surface area contributed by atoms with Gasteiger partial charge in [0.05, 0.1) is 17.2 Å². The highest BCUT2D eigenvalue weighted by Crippen LogP contribution is 2.25. The number of amides is 1. The number of carbonyl (C=O) groups is 1. The van der Waals surface area contributed by atoms with Crippen LogP contribution in [0.1, 0.15) is 25.7 Å². The lowest BCUT2D eigenvalue weighted by Gasteiger charge is -2.25. The SMILES string of the molecule is CC(SCc1ncc(-c2ccc(Cl)cc2)o1)C(=O)NC1CCCNC1. The van der Waals surface area contributed by atoms with Gasteiger partial charge in [0.15, 0.2) is 5.76 Å². The average Bonchev–Trinajstić information content (AvgIpc) is 3.10. The van der Waals surface area contributed by atoms with Gasteiger partial charge in [0.1, 0.15) is 0 Å². The Morgan fingerprint density at radius 1 is 1.48 bits per heavy atom. The molecule has 0 bridgehead atoms. The minimum Gasteiger partial charge on any atom is -0.440 e. The maximum absolute atomic E-state index is 12.3. The van der Waals surface area contributed by atoms with Crippen molar-refractivity contribution in [2.45, 2.75) is 36.8 Å². The van der Waals surface area contributed by atoms with Crippen LogP contribution < -0.4 is 10.6 Å². The van der Waals surface area contributed by atoms with Crippen molar-refractivity contribution in [1.82, 2.24) is 15.6 Å². The Morgan fingerprint density at radius 3 is 3.00 bits per heavy atom. The third-order valence-corrected chi connectivity index (χ3v) is 5.53. The zero-order valence-electron chi connectivity index (χ0n) is 14.1. The summed E-state index contributed by atoms with van der Waals surface area (Å²) in [5.74, 6) is 1.96. The van der Waals surface area contributed by atoms with Crippen LogP contribution >= 0.6 is 23.4 Å². The highest BCUT2D eigenvalue weighted by atomic mass is 35.5. The van der Waals surface area contributed by atoms with Crippen molar-refractivity contribution in [3.05, 3.63) is 41.4 Å². The second-order valence-electron chi connectivity index (χ2n) is 6.13. The third-order valence-electron chi connectivity index (χ3n) is 4.15. The van der Waals surface area contributed by atoms with Gasteiger partial charge in [-0.05, 0) is 50.6 Å². The Balaban J connectivity index is 1.49. The molecule has 0 saturated carbocycles. The highest BCUT2D eigenvalue weighted by molar-refractivity contribution is 7.99. The summed E-state index contributed by atoms with van der Waals surface area (Å²) in [5, 5.41) is 6.95. The van der Waals surface area contributed by atoms with E-state index < -0.39 is 0 Å². The summed E-state index contributed by atoms with van der Waals surface area (Å²) in [6, 6.07) is 7.67. The van der Waals surface area contributed by atoms with E-state index in [1.54, 1.807) is 6.20 Å². The Hall–Kier alpha value is -1.50. The number of hydrogen-bond donors (Lipinski definition) is 2. The third kappa shape index (κ3) is 5.23. The van der Waals surface area contributed by atoms with E-state index in [4.69, 9.17) is 16.0 Å². The second-order valence-corrected chi connectivity index (χ2v) is 7.90. The lowest BCUT2D eigenvalue weighted by atomic mass is 10.1. The number of aromatic nitrogens is 1. The molecule has 1 aromatic heterocycles. The Labute approximate surface area is 156 Å². The van der Waals surface area contributed by atoms with Crippen LogP contribution in [-0.4, -0.2) is 35.3 Å². The molecule has 1 fully saturated rings. The summed E-state index contributed by atoms with van der Waals surface area (Å²) in [5.41, 5.74) is 0.934. The van der Waals surface area contributed by atoms with Gasteiger partial charge in [0.25, 0.3) is 0 Å². The first kappa shape index (κ1) is 18.3. The number of nitrogens with zero attached hydrogens (tertiary/aromatic N) is 1. The van der Waals surface area contributed by atoms with Gasteiger partial charge in [-0.25, -0.2) is 4.98 Å². The van der Waals surface area contributed by atoms with E-state index in [2.05, 4.69) is 15.6 Å². The van der Waals surface area contributed by atoms with Gasteiger partial charge in [-0.15, -0.1) is 11.8 Å². The molecule has 2 aromatic rings. The molecule has 25 heavy (non-hydrogen) atoms. The fraction of sp³-hybridized carbons (Fsp3) is 0.444. The Bertz CT molecular complexity index is 699. The van der Waals surface area contributed by atoms with E-state index in [9.17, 15) is 4.79 Å². The number of benzene rings is 1. The molecule has 1 aliphatic heterocycles. The maximum Gasteiger partial charge on any atom is 0.233 e. The number of hydrogen-bond acceptors (Lipinski definition) is 5. The highest BCUT2D eigenvalue weighted by Gasteiger charge is 2.20. The van der Waals surface area contributed by atoms with Gasteiger partial charge in [-0.1, -0.05) is 11.6 Å². The average molecular weight is 380 g/mol.